The molecular formula is C22H25FN4O. The van der Waals surface area contributed by atoms with Crippen molar-refractivity contribution >= 4 is 12.0 Å². The maximum atomic E-state index is 13.2. The second-order valence-corrected chi connectivity index (χ2v) is 7.48. The van der Waals surface area contributed by atoms with E-state index in [2.05, 4.69) is 17.3 Å². The first-order chi connectivity index (χ1) is 13.4. The molecule has 0 radical (unpaired) electrons. The van der Waals surface area contributed by atoms with Gasteiger partial charge in [-0.2, -0.15) is 10.4 Å². The Balaban J connectivity index is 1.87. The molecule has 28 heavy (non-hydrogen) atoms. The molecule has 0 saturated heterocycles. The topological polar surface area (TPSA) is 70.7 Å². The smallest absolute Gasteiger partial charge is 0.262 e. The number of carbonyl (C=O) groups excluding carboxylic acids is 1. The number of aromatic nitrogens is 2. The average molecular weight is 380 g/mol. The second kappa shape index (κ2) is 8.39. The van der Waals surface area contributed by atoms with Crippen LogP contribution in [0.2, 0.25) is 0 Å². The first-order valence-electron chi connectivity index (χ1n) is 9.65. The summed E-state index contributed by atoms with van der Waals surface area (Å²) in [6.07, 6.45) is 5.94. The van der Waals surface area contributed by atoms with Crippen molar-refractivity contribution in [1.82, 2.24) is 15.1 Å². The molecule has 1 N–H and O–H groups in total. The van der Waals surface area contributed by atoms with Crippen LogP contribution in [0, 0.1) is 36.9 Å². The number of nitrogens with zero attached hydrogens (tertiary/aromatic N) is 3. The lowest BCUT2D eigenvalue weighted by molar-refractivity contribution is -0.118. The highest BCUT2D eigenvalue weighted by Crippen LogP contribution is 2.25. The normalized spacial score (nSPS) is 19.9. The summed E-state index contributed by atoms with van der Waals surface area (Å²) in [5.41, 5.74) is 3.01. The lowest BCUT2D eigenvalue weighted by Crippen LogP contribution is -2.41. The molecule has 0 unspecified atom stereocenters. The summed E-state index contributed by atoms with van der Waals surface area (Å²) in [5.74, 6) is -0.234. The number of nitriles is 1. The van der Waals surface area contributed by atoms with Gasteiger partial charge in [0, 0.05) is 17.3 Å². The van der Waals surface area contributed by atoms with E-state index in [-0.39, 0.29) is 23.3 Å². The van der Waals surface area contributed by atoms with Crippen molar-refractivity contribution in [3.05, 3.63) is 52.6 Å². The monoisotopic (exact) mass is 380 g/mol. The molecule has 6 heteroatoms. The summed E-state index contributed by atoms with van der Waals surface area (Å²) >= 11 is 0. The van der Waals surface area contributed by atoms with Gasteiger partial charge in [-0.3, -0.25) is 4.79 Å². The molecule has 0 aliphatic heterocycles. The third kappa shape index (κ3) is 4.14. The molecule has 2 atom stereocenters. The number of aryl methyl sites for hydroxylation is 1. The van der Waals surface area contributed by atoms with Crippen LogP contribution in [0.15, 0.2) is 29.8 Å². The molecule has 2 aromatic rings. The highest BCUT2D eigenvalue weighted by Gasteiger charge is 2.24. The van der Waals surface area contributed by atoms with Crippen molar-refractivity contribution in [2.45, 2.75) is 52.5 Å². The van der Waals surface area contributed by atoms with Crippen molar-refractivity contribution in [2.24, 2.45) is 5.92 Å². The maximum absolute atomic E-state index is 13.2. The standard InChI is InChI=1S/C22H25FN4O/c1-14-6-4-5-7-21(14)25-22(28)17(13-24)12-20-15(2)26-27(16(20)3)19-10-8-18(23)9-11-19/h8-12,14,21H,4-7H2,1-3H3,(H,25,28)/b17-12+/t14-,21-/m0/s1. The van der Waals surface area contributed by atoms with Gasteiger partial charge in [0.2, 0.25) is 0 Å². The Labute approximate surface area is 164 Å². The Kier molecular flexibility index (Phi) is 5.93. The van der Waals surface area contributed by atoms with E-state index in [4.69, 9.17) is 0 Å². The van der Waals surface area contributed by atoms with Gasteiger partial charge in [0.05, 0.1) is 11.4 Å². The number of rotatable bonds is 4. The van der Waals surface area contributed by atoms with Gasteiger partial charge in [0.25, 0.3) is 5.91 Å². The zero-order chi connectivity index (χ0) is 20.3. The first-order valence-corrected chi connectivity index (χ1v) is 9.65. The number of hydrogen-bond donors (Lipinski definition) is 1. The highest BCUT2D eigenvalue weighted by molar-refractivity contribution is 6.02. The van der Waals surface area contributed by atoms with Gasteiger partial charge in [-0.15, -0.1) is 0 Å². The van der Waals surface area contributed by atoms with Gasteiger partial charge in [-0.1, -0.05) is 19.8 Å². The summed E-state index contributed by atoms with van der Waals surface area (Å²) < 4.78 is 14.9. The molecule has 5 nitrogen and oxygen atoms in total. The Morgan fingerprint density at radius 3 is 2.61 bits per heavy atom. The number of benzene rings is 1. The lowest BCUT2D eigenvalue weighted by atomic mass is 9.86. The molecule has 0 bridgehead atoms. The molecule has 1 fully saturated rings. The van der Waals surface area contributed by atoms with E-state index in [0.717, 1.165) is 36.2 Å². The van der Waals surface area contributed by atoms with E-state index in [9.17, 15) is 14.4 Å². The largest absolute Gasteiger partial charge is 0.348 e. The molecule has 1 aliphatic carbocycles. The SMILES string of the molecule is Cc1nn(-c2ccc(F)cc2)c(C)c1/C=C(\C#N)C(=O)N[C@H]1CCCC[C@@H]1C. The maximum Gasteiger partial charge on any atom is 0.262 e. The molecule has 1 aromatic carbocycles. The fourth-order valence-corrected chi connectivity index (χ4v) is 3.77. The Morgan fingerprint density at radius 2 is 1.96 bits per heavy atom. The van der Waals surface area contributed by atoms with E-state index in [1.54, 1.807) is 22.9 Å². The van der Waals surface area contributed by atoms with Gasteiger partial charge in [-0.25, -0.2) is 9.07 Å². The molecule has 1 aliphatic rings. The van der Waals surface area contributed by atoms with E-state index in [1.165, 1.54) is 18.6 Å². The Morgan fingerprint density at radius 1 is 1.29 bits per heavy atom. The third-order valence-corrected chi connectivity index (χ3v) is 5.50. The lowest BCUT2D eigenvalue weighted by Gasteiger charge is -2.29. The Bertz CT molecular complexity index is 937. The molecule has 1 heterocycles. The van der Waals surface area contributed by atoms with Crippen LogP contribution in [0.5, 0.6) is 0 Å². The summed E-state index contributed by atoms with van der Waals surface area (Å²) in [6, 6.07) is 8.18. The van der Waals surface area contributed by atoms with Crippen molar-refractivity contribution < 1.29 is 9.18 Å². The minimum Gasteiger partial charge on any atom is -0.348 e. The summed E-state index contributed by atoms with van der Waals surface area (Å²) in [7, 11) is 0. The van der Waals surface area contributed by atoms with Crippen LogP contribution < -0.4 is 5.32 Å². The van der Waals surface area contributed by atoms with Crippen LogP contribution in [0.3, 0.4) is 0 Å². The average Bonchev–Trinajstić information content (AvgIpc) is 2.96. The minimum absolute atomic E-state index is 0.0719. The van der Waals surface area contributed by atoms with Crippen LogP contribution in [0.25, 0.3) is 11.8 Å². The Hall–Kier alpha value is -2.94. The van der Waals surface area contributed by atoms with Crippen molar-refractivity contribution in [3.63, 3.8) is 0 Å². The van der Waals surface area contributed by atoms with Gasteiger partial charge in [0.1, 0.15) is 17.5 Å². The van der Waals surface area contributed by atoms with Crippen molar-refractivity contribution in [3.8, 4) is 11.8 Å². The van der Waals surface area contributed by atoms with Crippen LogP contribution >= 0.6 is 0 Å². The van der Waals surface area contributed by atoms with E-state index >= 15 is 0 Å². The number of nitrogens with one attached hydrogen (secondary N) is 1. The van der Waals surface area contributed by atoms with Gasteiger partial charge < -0.3 is 5.32 Å². The summed E-state index contributed by atoms with van der Waals surface area (Å²) in [4.78, 5) is 12.7. The number of carbonyl (C=O) groups is 1. The van der Waals surface area contributed by atoms with Crippen LogP contribution in [0.1, 0.15) is 49.6 Å². The number of amides is 1. The third-order valence-electron chi connectivity index (χ3n) is 5.50. The summed E-state index contributed by atoms with van der Waals surface area (Å²) in [6.45, 7) is 5.83. The van der Waals surface area contributed by atoms with E-state index < -0.39 is 0 Å². The summed E-state index contributed by atoms with van der Waals surface area (Å²) in [5, 5.41) is 17.1. The predicted octanol–water partition coefficient (Wildman–Crippen LogP) is 4.23. The molecule has 1 saturated carbocycles. The molecule has 1 amide bonds. The number of halogens is 1. The minimum atomic E-state index is -0.338. The van der Waals surface area contributed by atoms with Crippen LogP contribution in [-0.4, -0.2) is 21.7 Å². The number of hydrogen-bond acceptors (Lipinski definition) is 3. The molecule has 0 spiro atoms. The fourth-order valence-electron chi connectivity index (χ4n) is 3.77. The second-order valence-electron chi connectivity index (χ2n) is 7.48. The molecule has 1 aromatic heterocycles. The highest BCUT2D eigenvalue weighted by atomic mass is 19.1. The molecular weight excluding hydrogens is 355 g/mol. The molecule has 3 rings (SSSR count). The fraction of sp³-hybridized carbons (Fsp3) is 0.409. The zero-order valence-electron chi connectivity index (χ0n) is 16.5. The van der Waals surface area contributed by atoms with Crippen LogP contribution in [0.4, 0.5) is 4.39 Å². The first kappa shape index (κ1) is 19.8. The predicted molar refractivity (Wildman–Crippen MR) is 106 cm³/mol. The zero-order valence-corrected chi connectivity index (χ0v) is 16.5. The van der Waals surface area contributed by atoms with Gasteiger partial charge in [-0.05, 0) is 62.9 Å². The molecule has 146 valence electrons. The van der Waals surface area contributed by atoms with Crippen molar-refractivity contribution in [2.75, 3.05) is 0 Å². The van der Waals surface area contributed by atoms with E-state index in [1.807, 2.05) is 19.9 Å². The quantitative estimate of drug-likeness (QED) is 0.637. The van der Waals surface area contributed by atoms with Crippen LogP contribution in [-0.2, 0) is 4.79 Å². The van der Waals surface area contributed by atoms with Crippen molar-refractivity contribution in [1.29, 1.82) is 5.26 Å². The van der Waals surface area contributed by atoms with Gasteiger partial charge in [0.15, 0.2) is 0 Å². The van der Waals surface area contributed by atoms with E-state index in [0.29, 0.717) is 11.6 Å². The van der Waals surface area contributed by atoms with Gasteiger partial charge >= 0.3 is 0 Å².